The maximum absolute atomic E-state index is 14.0. The minimum absolute atomic E-state index is 0.0230. The summed E-state index contributed by atoms with van der Waals surface area (Å²) in [6.45, 7) is 0. The van der Waals surface area contributed by atoms with E-state index in [0.717, 1.165) is 11.0 Å². The van der Waals surface area contributed by atoms with Gasteiger partial charge in [0.1, 0.15) is 5.82 Å². The lowest BCUT2D eigenvalue weighted by Crippen LogP contribution is -1.89. The van der Waals surface area contributed by atoms with Crippen LogP contribution < -0.4 is 0 Å². The highest BCUT2D eigenvalue weighted by molar-refractivity contribution is 6.35. The number of hydrogen-bond donors (Lipinski definition) is 1. The van der Waals surface area contributed by atoms with Gasteiger partial charge in [-0.3, -0.25) is 0 Å². The van der Waals surface area contributed by atoms with Crippen LogP contribution in [0.3, 0.4) is 0 Å². The Balaban J connectivity index is 2.29. The van der Waals surface area contributed by atoms with Gasteiger partial charge in [-0.2, -0.15) is 0 Å². The summed E-state index contributed by atoms with van der Waals surface area (Å²) in [7, 11) is 0. The van der Waals surface area contributed by atoms with Crippen LogP contribution in [-0.2, 0) is 0 Å². The molecule has 0 bridgehead atoms. The van der Waals surface area contributed by atoms with E-state index in [4.69, 9.17) is 23.2 Å². The average Bonchev–Trinajstić information content (AvgIpc) is 2.77. The van der Waals surface area contributed by atoms with Crippen LogP contribution >= 0.6 is 23.2 Å². The Hall–Kier alpha value is -1.58. The first kappa shape index (κ1) is 11.5. The lowest BCUT2D eigenvalue weighted by Gasteiger charge is -2.03. The molecule has 5 heteroatoms. The second-order valence-electron chi connectivity index (χ2n) is 3.82. The van der Waals surface area contributed by atoms with Crippen LogP contribution in [0.2, 0.25) is 10.0 Å². The second kappa shape index (κ2) is 4.26. The van der Waals surface area contributed by atoms with E-state index in [1.54, 1.807) is 6.07 Å². The second-order valence-corrected chi connectivity index (χ2v) is 4.64. The largest absolute Gasteiger partial charge is 0.338 e. The summed E-state index contributed by atoms with van der Waals surface area (Å²) < 4.78 is 14.0. The molecule has 1 N–H and O–H groups in total. The van der Waals surface area contributed by atoms with Crippen LogP contribution in [-0.4, -0.2) is 9.97 Å². The minimum Gasteiger partial charge on any atom is -0.338 e. The van der Waals surface area contributed by atoms with E-state index in [0.29, 0.717) is 5.82 Å². The highest BCUT2D eigenvalue weighted by Crippen LogP contribution is 2.33. The Kier molecular flexibility index (Phi) is 2.73. The number of aromatic nitrogens is 2. The summed E-state index contributed by atoms with van der Waals surface area (Å²) in [6, 6.07) is 10.4. The number of hydrogen-bond acceptors (Lipinski definition) is 1. The zero-order valence-electron chi connectivity index (χ0n) is 9.05. The summed E-state index contributed by atoms with van der Waals surface area (Å²) in [5, 5.41) is 0.297. The molecule has 0 atom stereocenters. The van der Waals surface area contributed by atoms with Gasteiger partial charge < -0.3 is 4.98 Å². The van der Waals surface area contributed by atoms with E-state index >= 15 is 0 Å². The summed E-state index contributed by atoms with van der Waals surface area (Å²) in [6.07, 6.45) is 0. The van der Waals surface area contributed by atoms with Crippen LogP contribution in [0.15, 0.2) is 36.4 Å². The lowest BCUT2D eigenvalue weighted by atomic mass is 10.2. The predicted molar refractivity (Wildman–Crippen MR) is 71.5 cm³/mol. The van der Waals surface area contributed by atoms with E-state index in [1.807, 2.05) is 24.3 Å². The molecule has 0 saturated heterocycles. The molecular formula is C13H7Cl2FN2. The standard InChI is InChI=1S/C13H7Cl2FN2/c14-7-5-6-8(15)12(16)11(7)13-17-9-3-1-2-4-10(9)18-13/h1-6H,(H,17,18). The van der Waals surface area contributed by atoms with Gasteiger partial charge in [0.15, 0.2) is 5.82 Å². The third-order valence-electron chi connectivity index (χ3n) is 2.67. The Morgan fingerprint density at radius 3 is 2.50 bits per heavy atom. The van der Waals surface area contributed by atoms with Gasteiger partial charge in [0.2, 0.25) is 0 Å². The molecule has 0 saturated carbocycles. The summed E-state index contributed by atoms with van der Waals surface area (Å²) in [5.41, 5.74) is 1.77. The van der Waals surface area contributed by atoms with Crippen molar-refractivity contribution in [3.63, 3.8) is 0 Å². The van der Waals surface area contributed by atoms with Gasteiger partial charge in [-0.1, -0.05) is 35.3 Å². The number of benzene rings is 2. The monoisotopic (exact) mass is 280 g/mol. The Bertz CT molecular complexity index is 704. The number of H-pyrrole nitrogens is 1. The zero-order valence-corrected chi connectivity index (χ0v) is 10.6. The molecule has 0 unspecified atom stereocenters. The third kappa shape index (κ3) is 1.76. The third-order valence-corrected chi connectivity index (χ3v) is 3.28. The molecule has 0 aliphatic carbocycles. The van der Waals surface area contributed by atoms with Gasteiger partial charge in [0, 0.05) is 0 Å². The first-order valence-corrected chi connectivity index (χ1v) is 6.01. The van der Waals surface area contributed by atoms with Crippen molar-refractivity contribution < 1.29 is 4.39 Å². The number of rotatable bonds is 1. The Morgan fingerprint density at radius 2 is 1.72 bits per heavy atom. The maximum Gasteiger partial charge on any atom is 0.154 e. The summed E-state index contributed by atoms with van der Waals surface area (Å²) in [5.74, 6) is -0.190. The molecule has 0 amide bonds. The topological polar surface area (TPSA) is 28.7 Å². The van der Waals surface area contributed by atoms with Crippen molar-refractivity contribution in [3.05, 3.63) is 52.3 Å². The quantitative estimate of drug-likeness (QED) is 0.645. The van der Waals surface area contributed by atoms with E-state index in [2.05, 4.69) is 9.97 Å². The summed E-state index contributed by atoms with van der Waals surface area (Å²) >= 11 is 11.8. The van der Waals surface area contributed by atoms with Crippen LogP contribution in [0.25, 0.3) is 22.4 Å². The van der Waals surface area contributed by atoms with Crippen LogP contribution in [0, 0.1) is 5.82 Å². The van der Waals surface area contributed by atoms with E-state index in [1.165, 1.54) is 6.07 Å². The molecule has 90 valence electrons. The molecule has 0 spiro atoms. The van der Waals surface area contributed by atoms with Crippen molar-refractivity contribution in [1.82, 2.24) is 9.97 Å². The SMILES string of the molecule is Fc1c(Cl)ccc(Cl)c1-c1nc2ccccc2[nH]1. The first-order valence-electron chi connectivity index (χ1n) is 5.25. The molecular weight excluding hydrogens is 274 g/mol. The fraction of sp³-hybridized carbons (Fsp3) is 0. The number of fused-ring (bicyclic) bond motifs is 1. The number of aromatic amines is 1. The molecule has 2 nitrogen and oxygen atoms in total. The normalized spacial score (nSPS) is 11.1. The van der Waals surface area contributed by atoms with Gasteiger partial charge in [0.25, 0.3) is 0 Å². The van der Waals surface area contributed by atoms with Crippen molar-refractivity contribution in [3.8, 4) is 11.4 Å². The molecule has 0 aliphatic heterocycles. The van der Waals surface area contributed by atoms with Crippen molar-refractivity contribution in [2.24, 2.45) is 0 Å². The van der Waals surface area contributed by atoms with Crippen LogP contribution in [0.4, 0.5) is 4.39 Å². The number of nitrogens with one attached hydrogen (secondary N) is 1. The van der Waals surface area contributed by atoms with Gasteiger partial charge in [-0.05, 0) is 24.3 Å². The maximum atomic E-state index is 14.0. The van der Waals surface area contributed by atoms with Gasteiger partial charge in [0.05, 0.1) is 26.6 Å². The molecule has 18 heavy (non-hydrogen) atoms. The first-order chi connectivity index (χ1) is 8.66. The molecule has 0 fully saturated rings. The van der Waals surface area contributed by atoms with Crippen LogP contribution in [0.1, 0.15) is 0 Å². The van der Waals surface area contributed by atoms with Crippen molar-refractivity contribution in [1.29, 1.82) is 0 Å². The van der Waals surface area contributed by atoms with E-state index in [-0.39, 0.29) is 15.6 Å². The molecule has 0 aliphatic rings. The highest BCUT2D eigenvalue weighted by Gasteiger charge is 2.16. The van der Waals surface area contributed by atoms with Crippen molar-refractivity contribution in [2.45, 2.75) is 0 Å². The number of halogens is 3. The van der Waals surface area contributed by atoms with Crippen molar-refractivity contribution >= 4 is 34.2 Å². The Morgan fingerprint density at radius 1 is 1.00 bits per heavy atom. The molecule has 1 heterocycles. The summed E-state index contributed by atoms with van der Waals surface area (Å²) in [4.78, 5) is 7.33. The van der Waals surface area contributed by atoms with Crippen LogP contribution in [0.5, 0.6) is 0 Å². The zero-order chi connectivity index (χ0) is 12.7. The Labute approximate surface area is 112 Å². The molecule has 3 rings (SSSR count). The molecule has 3 aromatic rings. The molecule has 0 radical (unpaired) electrons. The lowest BCUT2D eigenvalue weighted by molar-refractivity contribution is 0.631. The molecule has 2 aromatic carbocycles. The van der Waals surface area contributed by atoms with Gasteiger partial charge in [-0.15, -0.1) is 0 Å². The number of para-hydroxylation sites is 2. The fourth-order valence-corrected chi connectivity index (χ4v) is 2.21. The van der Waals surface area contributed by atoms with Gasteiger partial charge in [-0.25, -0.2) is 9.37 Å². The highest BCUT2D eigenvalue weighted by atomic mass is 35.5. The minimum atomic E-state index is -0.566. The smallest absolute Gasteiger partial charge is 0.154 e. The van der Waals surface area contributed by atoms with E-state index in [9.17, 15) is 4.39 Å². The molecule has 1 aromatic heterocycles. The van der Waals surface area contributed by atoms with Gasteiger partial charge >= 0.3 is 0 Å². The van der Waals surface area contributed by atoms with Crippen molar-refractivity contribution in [2.75, 3.05) is 0 Å². The average molecular weight is 281 g/mol. The van der Waals surface area contributed by atoms with E-state index < -0.39 is 5.82 Å². The number of imidazole rings is 1. The predicted octanol–water partition coefficient (Wildman–Crippen LogP) is 4.68. The fourth-order valence-electron chi connectivity index (χ4n) is 1.82. The number of nitrogens with zero attached hydrogens (tertiary/aromatic N) is 1.